The van der Waals surface area contributed by atoms with Crippen molar-refractivity contribution in [3.05, 3.63) is 55.1 Å². The molecule has 1 unspecified atom stereocenters. The fourth-order valence-electron chi connectivity index (χ4n) is 1.55. The zero-order chi connectivity index (χ0) is 11.7. The third-order valence-electron chi connectivity index (χ3n) is 2.47. The summed E-state index contributed by atoms with van der Waals surface area (Å²) in [6, 6.07) is 9.48. The molecule has 1 aromatic heterocycles. The summed E-state index contributed by atoms with van der Waals surface area (Å²) >= 11 is 10.7. The van der Waals surface area contributed by atoms with E-state index in [2.05, 4.69) is 15.9 Å². The Balaban J connectivity index is 2.41. The van der Waals surface area contributed by atoms with Gasteiger partial charge in [0.2, 0.25) is 0 Å². The van der Waals surface area contributed by atoms with Crippen molar-refractivity contribution >= 4 is 38.9 Å². The molecule has 0 aliphatic heterocycles. The zero-order valence-corrected chi connectivity index (χ0v) is 11.7. The van der Waals surface area contributed by atoms with E-state index in [4.69, 9.17) is 11.6 Å². The first-order valence-corrected chi connectivity index (χ1v) is 6.76. The molecule has 0 aliphatic carbocycles. The summed E-state index contributed by atoms with van der Waals surface area (Å²) < 4.78 is 1.70. The van der Waals surface area contributed by atoms with E-state index in [1.807, 2.05) is 31.2 Å². The number of hydrogen-bond donors (Lipinski definition) is 1. The first-order chi connectivity index (χ1) is 7.59. The highest BCUT2D eigenvalue weighted by atomic mass is 79.9. The van der Waals surface area contributed by atoms with Gasteiger partial charge in [-0.2, -0.15) is 0 Å². The molecule has 16 heavy (non-hydrogen) atoms. The molecule has 1 nitrogen and oxygen atoms in total. The summed E-state index contributed by atoms with van der Waals surface area (Å²) in [5.74, 6) is 0. The molecule has 1 aromatic carbocycles. The van der Waals surface area contributed by atoms with E-state index in [1.54, 1.807) is 6.07 Å². The first kappa shape index (κ1) is 12.1. The number of hydrogen-bond acceptors (Lipinski definition) is 2. The standard InChI is InChI=1S/C12H10BrClOS/c1-7-8(3-2-4-9(7)13)12(15)10-5-6-11(14)16-10/h2-6,12,15H,1H3. The number of aliphatic hydroxyl groups is 1. The number of benzene rings is 1. The van der Waals surface area contributed by atoms with Gasteiger partial charge in [-0.25, -0.2) is 0 Å². The third-order valence-corrected chi connectivity index (χ3v) is 4.61. The fourth-order valence-corrected chi connectivity index (χ4v) is 3.00. The van der Waals surface area contributed by atoms with Crippen LogP contribution in [0.25, 0.3) is 0 Å². The molecule has 0 fully saturated rings. The van der Waals surface area contributed by atoms with Crippen LogP contribution >= 0.6 is 38.9 Å². The van der Waals surface area contributed by atoms with Crippen molar-refractivity contribution in [1.82, 2.24) is 0 Å². The molecule has 84 valence electrons. The second-order valence-corrected chi connectivity index (χ2v) is 6.10. The second-order valence-electron chi connectivity index (χ2n) is 3.50. The van der Waals surface area contributed by atoms with Crippen molar-refractivity contribution in [2.45, 2.75) is 13.0 Å². The molecule has 0 saturated heterocycles. The molecule has 0 radical (unpaired) electrons. The van der Waals surface area contributed by atoms with Gasteiger partial charge in [-0.05, 0) is 36.2 Å². The summed E-state index contributed by atoms with van der Waals surface area (Å²) in [6.45, 7) is 1.98. The van der Waals surface area contributed by atoms with Crippen molar-refractivity contribution in [2.75, 3.05) is 0 Å². The first-order valence-electron chi connectivity index (χ1n) is 4.78. The lowest BCUT2D eigenvalue weighted by atomic mass is 10.0. The smallest absolute Gasteiger partial charge is 0.114 e. The molecule has 0 spiro atoms. The van der Waals surface area contributed by atoms with Crippen LogP contribution in [0.5, 0.6) is 0 Å². The highest BCUT2D eigenvalue weighted by Gasteiger charge is 2.15. The molecule has 0 saturated carbocycles. The third kappa shape index (κ3) is 2.33. The maximum absolute atomic E-state index is 10.2. The van der Waals surface area contributed by atoms with Crippen LogP contribution in [0.3, 0.4) is 0 Å². The van der Waals surface area contributed by atoms with Crippen LogP contribution in [0.1, 0.15) is 22.1 Å². The minimum absolute atomic E-state index is 0.602. The Hall–Kier alpha value is -0.350. The van der Waals surface area contributed by atoms with Crippen LogP contribution in [0.15, 0.2) is 34.8 Å². The second kappa shape index (κ2) is 4.88. The molecule has 1 N–H and O–H groups in total. The summed E-state index contributed by atoms with van der Waals surface area (Å²) in [6.07, 6.45) is -0.602. The Bertz CT molecular complexity index is 509. The van der Waals surface area contributed by atoms with E-state index in [9.17, 15) is 5.11 Å². The molecule has 1 heterocycles. The van der Waals surface area contributed by atoms with Gasteiger partial charge < -0.3 is 5.11 Å². The predicted octanol–water partition coefficient (Wildman–Crippen LogP) is 4.55. The minimum atomic E-state index is -0.602. The Kier molecular flexibility index (Phi) is 3.70. The van der Waals surface area contributed by atoms with E-state index >= 15 is 0 Å². The maximum Gasteiger partial charge on any atom is 0.114 e. The van der Waals surface area contributed by atoms with Crippen molar-refractivity contribution in [3.8, 4) is 0 Å². The molecule has 0 bridgehead atoms. The van der Waals surface area contributed by atoms with Gasteiger partial charge in [0.15, 0.2) is 0 Å². The average Bonchev–Trinajstić information content (AvgIpc) is 2.68. The Morgan fingerprint density at radius 1 is 1.31 bits per heavy atom. The molecule has 4 heteroatoms. The lowest BCUT2D eigenvalue weighted by Crippen LogP contribution is -2.00. The van der Waals surface area contributed by atoms with Crippen molar-refractivity contribution in [2.24, 2.45) is 0 Å². The summed E-state index contributed by atoms with van der Waals surface area (Å²) in [5.41, 5.74) is 1.97. The lowest BCUT2D eigenvalue weighted by molar-refractivity contribution is 0.223. The normalized spacial score (nSPS) is 12.8. The molecule has 2 aromatic rings. The van der Waals surface area contributed by atoms with Crippen LogP contribution < -0.4 is 0 Å². The molecule has 0 aliphatic rings. The molecular formula is C12H10BrClOS. The van der Waals surface area contributed by atoms with Crippen LogP contribution in [0.2, 0.25) is 4.34 Å². The quantitative estimate of drug-likeness (QED) is 0.861. The van der Waals surface area contributed by atoms with Gasteiger partial charge in [0, 0.05) is 9.35 Å². The van der Waals surface area contributed by atoms with Crippen molar-refractivity contribution in [3.63, 3.8) is 0 Å². The van der Waals surface area contributed by atoms with E-state index in [1.165, 1.54) is 11.3 Å². The summed E-state index contributed by atoms with van der Waals surface area (Å²) in [4.78, 5) is 0.867. The van der Waals surface area contributed by atoms with Crippen LogP contribution in [0, 0.1) is 6.92 Å². The Morgan fingerprint density at radius 2 is 2.06 bits per heavy atom. The zero-order valence-electron chi connectivity index (χ0n) is 8.58. The largest absolute Gasteiger partial charge is 0.383 e. The minimum Gasteiger partial charge on any atom is -0.383 e. The van der Waals surface area contributed by atoms with Crippen LogP contribution in [-0.4, -0.2) is 5.11 Å². The lowest BCUT2D eigenvalue weighted by Gasteiger charge is -2.13. The van der Waals surface area contributed by atoms with Gasteiger partial charge in [-0.3, -0.25) is 0 Å². The van der Waals surface area contributed by atoms with Gasteiger partial charge in [-0.1, -0.05) is 39.7 Å². The Morgan fingerprint density at radius 3 is 2.69 bits per heavy atom. The highest BCUT2D eigenvalue weighted by molar-refractivity contribution is 9.10. The number of thiophene rings is 1. The van der Waals surface area contributed by atoms with E-state index in [-0.39, 0.29) is 0 Å². The van der Waals surface area contributed by atoms with Crippen molar-refractivity contribution < 1.29 is 5.11 Å². The van der Waals surface area contributed by atoms with Gasteiger partial charge in [0.25, 0.3) is 0 Å². The molecule has 1 atom stereocenters. The van der Waals surface area contributed by atoms with E-state index < -0.39 is 6.10 Å². The summed E-state index contributed by atoms with van der Waals surface area (Å²) in [5, 5.41) is 10.2. The van der Waals surface area contributed by atoms with Gasteiger partial charge in [0.05, 0.1) is 4.34 Å². The Labute approximate surface area is 112 Å². The monoisotopic (exact) mass is 316 g/mol. The predicted molar refractivity (Wildman–Crippen MR) is 72.3 cm³/mol. The topological polar surface area (TPSA) is 20.2 Å². The van der Waals surface area contributed by atoms with Gasteiger partial charge in [-0.15, -0.1) is 11.3 Å². The van der Waals surface area contributed by atoms with Crippen LogP contribution in [0.4, 0.5) is 0 Å². The number of aliphatic hydroxyl groups excluding tert-OH is 1. The van der Waals surface area contributed by atoms with E-state index in [0.717, 1.165) is 20.5 Å². The molecular weight excluding hydrogens is 308 g/mol. The highest BCUT2D eigenvalue weighted by Crippen LogP contribution is 2.33. The van der Waals surface area contributed by atoms with Crippen LogP contribution in [-0.2, 0) is 0 Å². The van der Waals surface area contributed by atoms with Gasteiger partial charge in [0.1, 0.15) is 6.10 Å². The number of rotatable bonds is 2. The molecule has 2 rings (SSSR count). The summed E-state index contributed by atoms with van der Waals surface area (Å²) in [7, 11) is 0. The van der Waals surface area contributed by atoms with Gasteiger partial charge >= 0.3 is 0 Å². The molecule has 0 amide bonds. The fraction of sp³-hybridized carbons (Fsp3) is 0.167. The SMILES string of the molecule is Cc1c(Br)cccc1C(O)c1ccc(Cl)s1. The maximum atomic E-state index is 10.2. The van der Waals surface area contributed by atoms with Crippen molar-refractivity contribution in [1.29, 1.82) is 0 Å². The number of halogens is 2. The van der Waals surface area contributed by atoms with E-state index in [0.29, 0.717) is 4.34 Å². The average molecular weight is 318 g/mol.